The molecule has 1 heterocycles. The van der Waals surface area contributed by atoms with Crippen molar-refractivity contribution in [3.63, 3.8) is 0 Å². The van der Waals surface area contributed by atoms with E-state index in [9.17, 15) is 0 Å². The van der Waals surface area contributed by atoms with Crippen LogP contribution < -0.4 is 5.32 Å². The maximum absolute atomic E-state index is 4.66. The van der Waals surface area contributed by atoms with Crippen LogP contribution in [0.15, 0.2) is 45.9 Å². The molecular formula is C16H15BrN2S. The summed E-state index contributed by atoms with van der Waals surface area (Å²) < 4.78 is 1.13. The van der Waals surface area contributed by atoms with Gasteiger partial charge in [-0.1, -0.05) is 52.0 Å². The lowest BCUT2D eigenvalue weighted by atomic mass is 10.1. The zero-order valence-electron chi connectivity index (χ0n) is 11.0. The highest BCUT2D eigenvalue weighted by molar-refractivity contribution is 9.10. The van der Waals surface area contributed by atoms with E-state index in [4.69, 9.17) is 0 Å². The fraction of sp³-hybridized carbons (Fsp3) is 0.312. The van der Waals surface area contributed by atoms with E-state index in [2.05, 4.69) is 62.6 Å². The van der Waals surface area contributed by atoms with Gasteiger partial charge >= 0.3 is 0 Å². The zero-order chi connectivity index (χ0) is 13.5. The summed E-state index contributed by atoms with van der Waals surface area (Å²) in [5.41, 5.74) is 1.14. The van der Waals surface area contributed by atoms with E-state index in [1.54, 1.807) is 0 Å². The molecule has 2 aromatic rings. The van der Waals surface area contributed by atoms with Crippen LogP contribution in [-0.4, -0.2) is 17.0 Å². The molecule has 102 valence electrons. The average molecular weight is 347 g/mol. The Morgan fingerprint density at radius 1 is 1.10 bits per heavy atom. The molecule has 1 aliphatic carbocycles. The number of aliphatic imine (C=N–C) groups is 1. The number of nitrogens with one attached hydrogen (secondary N) is 1. The normalized spacial score (nSPS) is 22.1. The van der Waals surface area contributed by atoms with Gasteiger partial charge in [0.2, 0.25) is 0 Å². The first-order valence-electron chi connectivity index (χ1n) is 6.96. The van der Waals surface area contributed by atoms with E-state index in [1.165, 1.54) is 23.6 Å². The summed E-state index contributed by atoms with van der Waals surface area (Å²) in [7, 11) is 0. The highest BCUT2D eigenvalue weighted by Crippen LogP contribution is 2.42. The van der Waals surface area contributed by atoms with Crippen molar-refractivity contribution < 1.29 is 0 Å². The highest BCUT2D eigenvalue weighted by Gasteiger charge is 2.35. The zero-order valence-corrected chi connectivity index (χ0v) is 13.4. The van der Waals surface area contributed by atoms with Gasteiger partial charge in [-0.25, -0.2) is 0 Å². The minimum Gasteiger partial charge on any atom is -0.334 e. The molecule has 2 nitrogen and oxygen atoms in total. The molecule has 1 atom stereocenters. The maximum atomic E-state index is 4.66. The Morgan fingerprint density at radius 3 is 2.70 bits per heavy atom. The van der Waals surface area contributed by atoms with Crippen LogP contribution in [0, 0.1) is 5.92 Å². The molecule has 0 spiro atoms. The van der Waals surface area contributed by atoms with E-state index < -0.39 is 0 Å². The number of amidine groups is 1. The molecule has 0 aromatic heterocycles. The van der Waals surface area contributed by atoms with Crippen molar-refractivity contribution in [3.8, 4) is 0 Å². The molecule has 0 radical (unpaired) electrons. The van der Waals surface area contributed by atoms with Gasteiger partial charge in [0, 0.05) is 20.8 Å². The monoisotopic (exact) mass is 346 g/mol. The maximum Gasteiger partial charge on any atom is 0.161 e. The van der Waals surface area contributed by atoms with Crippen molar-refractivity contribution in [2.45, 2.75) is 18.1 Å². The van der Waals surface area contributed by atoms with E-state index in [0.717, 1.165) is 27.8 Å². The van der Waals surface area contributed by atoms with Crippen molar-refractivity contribution in [3.05, 3.63) is 40.9 Å². The number of fused-ring (bicyclic) bond motifs is 1. The molecule has 1 N–H and O–H groups in total. The summed E-state index contributed by atoms with van der Waals surface area (Å²) >= 11 is 5.53. The van der Waals surface area contributed by atoms with Crippen molar-refractivity contribution in [1.29, 1.82) is 0 Å². The van der Waals surface area contributed by atoms with Gasteiger partial charge in [-0.3, -0.25) is 4.99 Å². The molecule has 4 rings (SSSR count). The average Bonchev–Trinajstić information content (AvgIpc) is 3.23. The minimum atomic E-state index is 0.708. The molecule has 1 fully saturated rings. The lowest BCUT2D eigenvalue weighted by Gasteiger charge is -2.11. The number of thioether (sulfide) groups is 1. The molecule has 0 saturated heterocycles. The Labute approximate surface area is 131 Å². The van der Waals surface area contributed by atoms with E-state index in [1.807, 2.05) is 11.8 Å². The molecule has 2 aromatic carbocycles. The third-order valence-electron chi connectivity index (χ3n) is 3.94. The second kappa shape index (κ2) is 5.08. The van der Waals surface area contributed by atoms with Crippen LogP contribution in [0.3, 0.4) is 0 Å². The highest BCUT2D eigenvalue weighted by atomic mass is 79.9. The third-order valence-corrected chi connectivity index (χ3v) is 5.92. The molecule has 1 aliphatic heterocycles. The van der Waals surface area contributed by atoms with E-state index in [-0.39, 0.29) is 0 Å². The first-order chi connectivity index (χ1) is 9.81. The van der Waals surface area contributed by atoms with Crippen LogP contribution in [-0.2, 0) is 0 Å². The topological polar surface area (TPSA) is 24.4 Å². The SMILES string of the molecule is Brc1ccc(NC2=NCC(C3CC3)S2)c2ccccc12. The summed E-state index contributed by atoms with van der Waals surface area (Å²) in [5, 5.41) is 7.77. The molecule has 0 bridgehead atoms. The van der Waals surface area contributed by atoms with E-state index >= 15 is 0 Å². The fourth-order valence-corrected chi connectivity index (χ4v) is 4.36. The van der Waals surface area contributed by atoms with Crippen molar-refractivity contribution in [1.82, 2.24) is 0 Å². The van der Waals surface area contributed by atoms with Gasteiger partial charge in [0.15, 0.2) is 5.17 Å². The molecule has 1 unspecified atom stereocenters. The van der Waals surface area contributed by atoms with Crippen LogP contribution in [0.5, 0.6) is 0 Å². The Balaban J connectivity index is 1.61. The van der Waals surface area contributed by atoms with Gasteiger partial charge < -0.3 is 5.32 Å². The summed E-state index contributed by atoms with van der Waals surface area (Å²) in [5.74, 6) is 0.907. The summed E-state index contributed by atoms with van der Waals surface area (Å²) in [6.07, 6.45) is 2.78. The van der Waals surface area contributed by atoms with Crippen molar-refractivity contribution >= 4 is 49.3 Å². The quantitative estimate of drug-likeness (QED) is 0.836. The van der Waals surface area contributed by atoms with Gasteiger partial charge in [0.05, 0.1) is 6.54 Å². The number of halogens is 1. The minimum absolute atomic E-state index is 0.708. The van der Waals surface area contributed by atoms with Gasteiger partial charge in [-0.2, -0.15) is 0 Å². The molecular weight excluding hydrogens is 332 g/mol. The summed E-state index contributed by atoms with van der Waals surface area (Å²) in [4.78, 5) is 4.66. The van der Waals surface area contributed by atoms with Crippen molar-refractivity contribution in [2.75, 3.05) is 11.9 Å². The second-order valence-corrected chi connectivity index (χ2v) is 7.49. The van der Waals surface area contributed by atoms with Gasteiger partial charge in [-0.15, -0.1) is 0 Å². The smallest absolute Gasteiger partial charge is 0.161 e. The lowest BCUT2D eigenvalue weighted by molar-refractivity contribution is 0.773. The van der Waals surface area contributed by atoms with Gasteiger partial charge in [0.25, 0.3) is 0 Å². The molecule has 0 amide bonds. The predicted octanol–water partition coefficient (Wildman–Crippen LogP) is 4.90. The number of anilines is 1. The second-order valence-electron chi connectivity index (χ2n) is 5.41. The number of hydrogen-bond acceptors (Lipinski definition) is 3. The molecule has 1 saturated carbocycles. The van der Waals surface area contributed by atoms with Crippen LogP contribution in [0.1, 0.15) is 12.8 Å². The number of rotatable bonds is 2. The van der Waals surface area contributed by atoms with Gasteiger partial charge in [-0.05, 0) is 36.3 Å². The number of hydrogen-bond donors (Lipinski definition) is 1. The first-order valence-corrected chi connectivity index (χ1v) is 8.64. The largest absolute Gasteiger partial charge is 0.334 e. The van der Waals surface area contributed by atoms with Crippen LogP contribution in [0.25, 0.3) is 10.8 Å². The fourth-order valence-electron chi connectivity index (χ4n) is 2.66. The van der Waals surface area contributed by atoms with E-state index in [0.29, 0.717) is 5.25 Å². The first kappa shape index (κ1) is 12.7. The number of nitrogens with zero attached hydrogens (tertiary/aromatic N) is 1. The molecule has 4 heteroatoms. The predicted molar refractivity (Wildman–Crippen MR) is 91.7 cm³/mol. The molecule has 2 aliphatic rings. The van der Waals surface area contributed by atoms with Crippen molar-refractivity contribution in [2.24, 2.45) is 10.9 Å². The standard InChI is InChI=1S/C16H15BrN2S/c17-13-7-8-14(12-4-2-1-3-11(12)13)19-16-18-9-15(20-16)10-5-6-10/h1-4,7-8,10,15H,5-6,9H2,(H,18,19). The van der Waals surface area contributed by atoms with Crippen LogP contribution in [0.2, 0.25) is 0 Å². The lowest BCUT2D eigenvalue weighted by Crippen LogP contribution is -2.09. The van der Waals surface area contributed by atoms with Crippen LogP contribution in [0.4, 0.5) is 5.69 Å². The summed E-state index contributed by atoms with van der Waals surface area (Å²) in [6, 6.07) is 12.7. The van der Waals surface area contributed by atoms with Crippen LogP contribution >= 0.6 is 27.7 Å². The molecule has 20 heavy (non-hydrogen) atoms. The Morgan fingerprint density at radius 2 is 1.90 bits per heavy atom. The number of benzene rings is 2. The summed E-state index contributed by atoms with van der Waals surface area (Å²) in [6.45, 7) is 0.978. The Bertz CT molecular complexity index is 694. The Kier molecular flexibility index (Phi) is 3.23. The third kappa shape index (κ3) is 2.35. The Hall–Kier alpha value is -1.00. The van der Waals surface area contributed by atoms with Gasteiger partial charge in [0.1, 0.15) is 0 Å².